The van der Waals surface area contributed by atoms with E-state index in [0.29, 0.717) is 0 Å². The molecule has 1 unspecified atom stereocenters. The highest BCUT2D eigenvalue weighted by Gasteiger charge is 2.18. The van der Waals surface area contributed by atoms with E-state index in [0.717, 1.165) is 0 Å². The van der Waals surface area contributed by atoms with Crippen molar-refractivity contribution in [3.8, 4) is 0 Å². The number of allylic oxidation sites excluding steroid dienone is 1. The molecule has 4 heteroatoms. The van der Waals surface area contributed by atoms with Crippen molar-refractivity contribution >= 4 is 5.97 Å². The molecule has 0 saturated heterocycles. The second-order valence-corrected chi connectivity index (χ2v) is 2.52. The lowest BCUT2D eigenvalue weighted by Gasteiger charge is -2.13. The van der Waals surface area contributed by atoms with Crippen molar-refractivity contribution in [1.29, 1.82) is 0 Å². The highest BCUT2D eigenvalue weighted by molar-refractivity contribution is 5.89. The van der Waals surface area contributed by atoms with Crippen LogP contribution in [0.25, 0.3) is 0 Å². The first-order valence-electron chi connectivity index (χ1n) is 3.51. The minimum atomic E-state index is -0.802. The Hall–Kier alpha value is -1.29. The van der Waals surface area contributed by atoms with E-state index in [1.165, 1.54) is 19.3 Å². The molecule has 1 atom stereocenters. The average molecular weight is 170 g/mol. The normalized spacial score (nSPS) is 22.7. The van der Waals surface area contributed by atoms with E-state index in [1.54, 1.807) is 0 Å². The quantitative estimate of drug-likeness (QED) is 0.555. The number of carbonyl (C=O) groups excluding carboxylic acids is 1. The Morgan fingerprint density at radius 1 is 1.75 bits per heavy atom. The fraction of sp³-hybridized carbons (Fsp3) is 0.375. The number of aliphatic hydroxyl groups is 2. The van der Waals surface area contributed by atoms with Crippen LogP contribution in [-0.4, -0.2) is 29.4 Å². The zero-order valence-corrected chi connectivity index (χ0v) is 6.65. The summed E-state index contributed by atoms with van der Waals surface area (Å²) in [6, 6.07) is 0. The molecule has 0 aromatic rings. The van der Waals surface area contributed by atoms with E-state index < -0.39 is 12.1 Å². The standard InChI is InChI=1S/C8H10O4/c1-12-8(11)5-2-6(9)4-7(10)3-5/h2,4,7,9-10H,3H2,1H3. The zero-order valence-electron chi connectivity index (χ0n) is 6.65. The van der Waals surface area contributed by atoms with Gasteiger partial charge in [-0.2, -0.15) is 0 Å². The number of methoxy groups -OCH3 is 1. The zero-order chi connectivity index (χ0) is 9.14. The predicted molar refractivity (Wildman–Crippen MR) is 41.4 cm³/mol. The van der Waals surface area contributed by atoms with Crippen LogP contribution in [0.4, 0.5) is 0 Å². The van der Waals surface area contributed by atoms with Gasteiger partial charge in [-0.25, -0.2) is 4.79 Å². The van der Waals surface area contributed by atoms with Crippen molar-refractivity contribution in [1.82, 2.24) is 0 Å². The predicted octanol–water partition coefficient (Wildman–Crippen LogP) is 0.292. The van der Waals surface area contributed by atoms with Crippen LogP contribution < -0.4 is 0 Å². The number of ether oxygens (including phenoxy) is 1. The monoisotopic (exact) mass is 170 g/mol. The molecular weight excluding hydrogens is 160 g/mol. The lowest BCUT2D eigenvalue weighted by atomic mass is 10.0. The second-order valence-electron chi connectivity index (χ2n) is 2.52. The molecule has 1 aliphatic carbocycles. The number of rotatable bonds is 1. The number of carbonyl (C=O) groups is 1. The second kappa shape index (κ2) is 3.40. The van der Waals surface area contributed by atoms with Crippen molar-refractivity contribution in [2.75, 3.05) is 7.11 Å². The summed E-state index contributed by atoms with van der Waals surface area (Å²) in [4.78, 5) is 10.9. The Balaban J connectivity index is 2.79. The summed E-state index contributed by atoms with van der Waals surface area (Å²) in [6.45, 7) is 0. The molecule has 0 radical (unpaired) electrons. The largest absolute Gasteiger partial charge is 0.508 e. The number of hydrogen-bond acceptors (Lipinski definition) is 4. The summed E-state index contributed by atoms with van der Waals surface area (Å²) in [6.07, 6.45) is 1.95. The molecule has 0 aliphatic heterocycles. The van der Waals surface area contributed by atoms with Gasteiger partial charge in [0.25, 0.3) is 0 Å². The SMILES string of the molecule is COC(=O)C1=CC(O)=CC(O)C1. The molecule has 4 nitrogen and oxygen atoms in total. The molecular formula is C8H10O4. The maximum absolute atomic E-state index is 10.9. The Kier molecular flexibility index (Phi) is 2.50. The summed E-state index contributed by atoms with van der Waals surface area (Å²) in [5.74, 6) is -0.622. The average Bonchev–Trinajstić information content (AvgIpc) is 2.01. The van der Waals surface area contributed by atoms with Gasteiger partial charge in [0.15, 0.2) is 0 Å². The highest BCUT2D eigenvalue weighted by Crippen LogP contribution is 2.16. The fourth-order valence-corrected chi connectivity index (χ4v) is 1.04. The molecule has 0 spiro atoms. The molecule has 12 heavy (non-hydrogen) atoms. The molecule has 2 N–H and O–H groups in total. The minimum Gasteiger partial charge on any atom is -0.508 e. The van der Waals surface area contributed by atoms with E-state index in [9.17, 15) is 4.79 Å². The topological polar surface area (TPSA) is 66.8 Å². The van der Waals surface area contributed by atoms with Crippen LogP contribution in [0.2, 0.25) is 0 Å². The molecule has 66 valence electrons. The van der Waals surface area contributed by atoms with Gasteiger partial charge >= 0.3 is 5.97 Å². The summed E-state index contributed by atoms with van der Waals surface area (Å²) >= 11 is 0. The summed E-state index contributed by atoms with van der Waals surface area (Å²) < 4.78 is 4.43. The van der Waals surface area contributed by atoms with Crippen LogP contribution in [-0.2, 0) is 9.53 Å². The first-order chi connectivity index (χ1) is 5.63. The smallest absolute Gasteiger partial charge is 0.333 e. The van der Waals surface area contributed by atoms with Gasteiger partial charge < -0.3 is 14.9 Å². The van der Waals surface area contributed by atoms with Gasteiger partial charge in [0.05, 0.1) is 13.2 Å². The molecule has 1 rings (SSSR count). The molecule has 0 aromatic carbocycles. The number of aliphatic hydroxyl groups excluding tert-OH is 2. The van der Waals surface area contributed by atoms with E-state index in [-0.39, 0.29) is 17.8 Å². The first kappa shape index (κ1) is 8.80. The molecule has 1 aliphatic rings. The molecule has 0 fully saturated rings. The van der Waals surface area contributed by atoms with Gasteiger partial charge in [-0.1, -0.05) is 0 Å². The van der Waals surface area contributed by atoms with Gasteiger partial charge in [-0.05, 0) is 12.2 Å². The number of esters is 1. The maximum Gasteiger partial charge on any atom is 0.333 e. The van der Waals surface area contributed by atoms with Crippen molar-refractivity contribution < 1.29 is 19.7 Å². The van der Waals surface area contributed by atoms with E-state index in [4.69, 9.17) is 10.2 Å². The lowest BCUT2D eigenvalue weighted by molar-refractivity contribution is -0.136. The van der Waals surface area contributed by atoms with E-state index >= 15 is 0 Å². The van der Waals surface area contributed by atoms with Gasteiger partial charge in [0.1, 0.15) is 5.76 Å². The van der Waals surface area contributed by atoms with Gasteiger partial charge in [-0.3, -0.25) is 0 Å². The van der Waals surface area contributed by atoms with Crippen molar-refractivity contribution in [2.45, 2.75) is 12.5 Å². The van der Waals surface area contributed by atoms with Gasteiger partial charge in [0, 0.05) is 12.0 Å². The fourth-order valence-electron chi connectivity index (χ4n) is 1.04. The van der Waals surface area contributed by atoms with Crippen molar-refractivity contribution in [3.63, 3.8) is 0 Å². The molecule has 0 heterocycles. The van der Waals surface area contributed by atoms with Crippen molar-refractivity contribution in [2.24, 2.45) is 0 Å². The summed E-state index contributed by atoms with van der Waals surface area (Å²) in [5.41, 5.74) is 0.282. The van der Waals surface area contributed by atoms with E-state index in [2.05, 4.69) is 4.74 Å². The highest BCUT2D eigenvalue weighted by atomic mass is 16.5. The first-order valence-corrected chi connectivity index (χ1v) is 3.51. The summed E-state index contributed by atoms with van der Waals surface area (Å²) in [5, 5.41) is 18.1. The van der Waals surface area contributed by atoms with Crippen molar-refractivity contribution in [3.05, 3.63) is 23.5 Å². The van der Waals surface area contributed by atoms with Gasteiger partial charge in [0.2, 0.25) is 0 Å². The molecule has 0 saturated carbocycles. The number of hydrogen-bond donors (Lipinski definition) is 2. The van der Waals surface area contributed by atoms with Crippen LogP contribution >= 0.6 is 0 Å². The summed E-state index contributed by atoms with van der Waals surface area (Å²) in [7, 11) is 1.25. The minimum absolute atomic E-state index is 0.103. The lowest BCUT2D eigenvalue weighted by Crippen LogP contribution is -2.16. The Morgan fingerprint density at radius 3 is 2.92 bits per heavy atom. The van der Waals surface area contributed by atoms with Crippen LogP contribution in [0.3, 0.4) is 0 Å². The van der Waals surface area contributed by atoms with Gasteiger partial charge in [-0.15, -0.1) is 0 Å². The molecule has 0 amide bonds. The maximum atomic E-state index is 10.9. The van der Waals surface area contributed by atoms with Crippen LogP contribution in [0, 0.1) is 0 Å². The third kappa shape index (κ3) is 1.85. The molecule has 0 bridgehead atoms. The van der Waals surface area contributed by atoms with Crippen LogP contribution in [0.15, 0.2) is 23.5 Å². The molecule has 0 aromatic heterocycles. The van der Waals surface area contributed by atoms with Crippen LogP contribution in [0.1, 0.15) is 6.42 Å². The Labute approximate surface area is 69.8 Å². The van der Waals surface area contributed by atoms with Crippen LogP contribution in [0.5, 0.6) is 0 Å². The Morgan fingerprint density at radius 2 is 2.42 bits per heavy atom. The third-order valence-corrected chi connectivity index (χ3v) is 1.56. The third-order valence-electron chi connectivity index (χ3n) is 1.56. The van der Waals surface area contributed by atoms with E-state index in [1.807, 2.05) is 0 Å². The Bertz CT molecular complexity index is 252.